The van der Waals surface area contributed by atoms with E-state index in [9.17, 15) is 4.39 Å². The summed E-state index contributed by atoms with van der Waals surface area (Å²) < 4.78 is 20.0. The number of aryl methyl sites for hydroxylation is 2. The van der Waals surface area contributed by atoms with Crippen LogP contribution < -0.4 is 10.5 Å². The number of anilines is 1. The summed E-state index contributed by atoms with van der Waals surface area (Å²) in [4.78, 5) is 0. The molecule has 2 N–H and O–H groups in total. The summed E-state index contributed by atoms with van der Waals surface area (Å²) in [7, 11) is 1.75. The minimum atomic E-state index is -0.263. The number of aromatic nitrogens is 2. The molecule has 84 valence electrons. The van der Waals surface area contributed by atoms with E-state index in [0.717, 1.165) is 0 Å². The fourth-order valence-electron chi connectivity index (χ4n) is 1.36. The number of benzene rings is 1. The topological polar surface area (TPSA) is 53.1 Å². The fraction of sp³-hybridized carbons (Fsp3) is 0.182. The SMILES string of the molecule is Cc1cc(Oc2nn(C)cc2N)ccc1F. The smallest absolute Gasteiger partial charge is 0.261 e. The predicted octanol–water partition coefficient (Wildman–Crippen LogP) is 2.24. The van der Waals surface area contributed by atoms with Gasteiger partial charge in [0.1, 0.15) is 17.3 Å². The van der Waals surface area contributed by atoms with Gasteiger partial charge in [0, 0.05) is 7.05 Å². The average molecular weight is 221 g/mol. The van der Waals surface area contributed by atoms with Gasteiger partial charge in [0.2, 0.25) is 0 Å². The van der Waals surface area contributed by atoms with E-state index >= 15 is 0 Å². The fourth-order valence-corrected chi connectivity index (χ4v) is 1.36. The normalized spacial score (nSPS) is 10.4. The van der Waals surface area contributed by atoms with Gasteiger partial charge in [-0.3, -0.25) is 4.68 Å². The highest BCUT2D eigenvalue weighted by Gasteiger charge is 2.07. The van der Waals surface area contributed by atoms with E-state index in [1.165, 1.54) is 12.1 Å². The van der Waals surface area contributed by atoms with Crippen LogP contribution in [0.1, 0.15) is 5.56 Å². The van der Waals surface area contributed by atoms with E-state index in [0.29, 0.717) is 22.9 Å². The number of ether oxygens (including phenoxy) is 1. The second kappa shape index (κ2) is 3.84. The van der Waals surface area contributed by atoms with Gasteiger partial charge in [0.25, 0.3) is 5.88 Å². The maximum atomic E-state index is 13.0. The van der Waals surface area contributed by atoms with Gasteiger partial charge < -0.3 is 10.5 Å². The number of rotatable bonds is 2. The van der Waals surface area contributed by atoms with E-state index in [4.69, 9.17) is 10.5 Å². The number of nitrogens with zero attached hydrogens (tertiary/aromatic N) is 2. The molecule has 0 aliphatic rings. The Bertz CT molecular complexity index is 522. The molecule has 0 saturated carbocycles. The van der Waals surface area contributed by atoms with Crippen LogP contribution in [0.25, 0.3) is 0 Å². The Morgan fingerprint density at radius 3 is 2.75 bits per heavy atom. The third-order valence-corrected chi connectivity index (χ3v) is 2.17. The van der Waals surface area contributed by atoms with Gasteiger partial charge in [-0.05, 0) is 30.7 Å². The zero-order valence-corrected chi connectivity index (χ0v) is 9.07. The zero-order chi connectivity index (χ0) is 11.7. The molecule has 0 bridgehead atoms. The average Bonchev–Trinajstić information content (AvgIpc) is 2.51. The lowest BCUT2D eigenvalue weighted by Gasteiger charge is -2.04. The van der Waals surface area contributed by atoms with Crippen LogP contribution in [0.4, 0.5) is 10.1 Å². The molecule has 0 atom stereocenters. The lowest BCUT2D eigenvalue weighted by Crippen LogP contribution is -1.92. The van der Waals surface area contributed by atoms with Gasteiger partial charge in [0.05, 0.1) is 6.20 Å². The predicted molar refractivity (Wildman–Crippen MR) is 58.8 cm³/mol. The summed E-state index contributed by atoms with van der Waals surface area (Å²) in [6.45, 7) is 1.67. The first-order valence-corrected chi connectivity index (χ1v) is 4.79. The van der Waals surface area contributed by atoms with Gasteiger partial charge in [-0.15, -0.1) is 5.10 Å². The van der Waals surface area contributed by atoms with Crippen LogP contribution in [-0.2, 0) is 7.05 Å². The molecule has 0 unspecified atom stereocenters. The number of halogens is 1. The van der Waals surface area contributed by atoms with Crippen molar-refractivity contribution in [1.82, 2.24) is 9.78 Å². The number of nitrogens with two attached hydrogens (primary N) is 1. The van der Waals surface area contributed by atoms with Crippen LogP contribution in [-0.4, -0.2) is 9.78 Å². The summed E-state index contributed by atoms with van der Waals surface area (Å²) >= 11 is 0. The molecule has 4 nitrogen and oxygen atoms in total. The Hall–Kier alpha value is -2.04. The number of hydrogen-bond acceptors (Lipinski definition) is 3. The highest BCUT2D eigenvalue weighted by atomic mass is 19.1. The van der Waals surface area contributed by atoms with Crippen molar-refractivity contribution in [3.05, 3.63) is 35.8 Å². The number of hydrogen-bond donors (Lipinski definition) is 1. The van der Waals surface area contributed by atoms with Gasteiger partial charge >= 0.3 is 0 Å². The molecule has 0 radical (unpaired) electrons. The molecule has 5 heteroatoms. The standard InChI is InChI=1S/C11H12FN3O/c1-7-5-8(3-4-9(7)12)16-11-10(13)6-15(2)14-11/h3-6H,13H2,1-2H3. The lowest BCUT2D eigenvalue weighted by molar-refractivity contribution is 0.453. The molecule has 1 aromatic heterocycles. The first kappa shape index (κ1) is 10.5. The van der Waals surface area contributed by atoms with Crippen molar-refractivity contribution in [1.29, 1.82) is 0 Å². The molecule has 16 heavy (non-hydrogen) atoms. The van der Waals surface area contributed by atoms with E-state index < -0.39 is 0 Å². The molecule has 0 fully saturated rings. The summed E-state index contributed by atoms with van der Waals surface area (Å²) in [5.74, 6) is 0.583. The molecule has 0 aliphatic heterocycles. The third kappa shape index (κ3) is 1.98. The van der Waals surface area contributed by atoms with Gasteiger partial charge in [0.15, 0.2) is 0 Å². The summed E-state index contributed by atoms with van der Waals surface area (Å²) in [5.41, 5.74) is 6.64. The van der Waals surface area contributed by atoms with Crippen LogP contribution in [0.5, 0.6) is 11.6 Å². The Morgan fingerprint density at radius 1 is 1.44 bits per heavy atom. The molecule has 1 heterocycles. The Balaban J connectivity index is 2.27. The second-order valence-corrected chi connectivity index (χ2v) is 3.58. The van der Waals surface area contributed by atoms with Crippen LogP contribution in [0.15, 0.2) is 24.4 Å². The van der Waals surface area contributed by atoms with Crippen LogP contribution in [0.3, 0.4) is 0 Å². The first-order valence-electron chi connectivity index (χ1n) is 4.79. The first-order chi connectivity index (χ1) is 7.56. The lowest BCUT2D eigenvalue weighted by atomic mass is 10.2. The Morgan fingerprint density at radius 2 is 2.19 bits per heavy atom. The highest BCUT2D eigenvalue weighted by Crippen LogP contribution is 2.26. The Labute approximate surface area is 92.4 Å². The molecule has 1 aromatic carbocycles. The van der Waals surface area contributed by atoms with E-state index in [1.54, 1.807) is 30.9 Å². The highest BCUT2D eigenvalue weighted by molar-refractivity contribution is 5.48. The van der Waals surface area contributed by atoms with Crippen LogP contribution in [0, 0.1) is 12.7 Å². The molecule has 2 rings (SSSR count). The minimum Gasteiger partial charge on any atom is -0.436 e. The van der Waals surface area contributed by atoms with Crippen LogP contribution >= 0.6 is 0 Å². The summed E-state index contributed by atoms with van der Waals surface area (Å²) in [6.07, 6.45) is 1.64. The monoisotopic (exact) mass is 221 g/mol. The van der Waals surface area contributed by atoms with Crippen molar-refractivity contribution in [2.24, 2.45) is 7.05 Å². The molecule has 0 spiro atoms. The number of nitrogen functional groups attached to an aromatic ring is 1. The minimum absolute atomic E-state index is 0.263. The molecule has 0 aliphatic carbocycles. The molecule has 2 aromatic rings. The molecular formula is C11H12FN3O. The van der Waals surface area contributed by atoms with E-state index in [1.807, 2.05) is 0 Å². The second-order valence-electron chi connectivity index (χ2n) is 3.58. The van der Waals surface area contributed by atoms with E-state index in [-0.39, 0.29) is 5.82 Å². The molecule has 0 amide bonds. The van der Waals surface area contributed by atoms with Gasteiger partial charge in [-0.25, -0.2) is 4.39 Å². The zero-order valence-electron chi connectivity index (χ0n) is 9.07. The largest absolute Gasteiger partial charge is 0.436 e. The maximum absolute atomic E-state index is 13.0. The van der Waals surface area contributed by atoms with Crippen molar-refractivity contribution in [3.63, 3.8) is 0 Å². The van der Waals surface area contributed by atoms with Crippen LogP contribution in [0.2, 0.25) is 0 Å². The van der Waals surface area contributed by atoms with Gasteiger partial charge in [-0.1, -0.05) is 0 Å². The third-order valence-electron chi connectivity index (χ3n) is 2.17. The van der Waals surface area contributed by atoms with Crippen molar-refractivity contribution < 1.29 is 9.13 Å². The summed E-state index contributed by atoms with van der Waals surface area (Å²) in [5, 5.41) is 4.03. The van der Waals surface area contributed by atoms with Gasteiger partial charge in [-0.2, -0.15) is 0 Å². The Kier molecular flexibility index (Phi) is 2.52. The molecule has 0 saturated heterocycles. The van der Waals surface area contributed by atoms with Crippen molar-refractivity contribution >= 4 is 5.69 Å². The summed E-state index contributed by atoms with van der Waals surface area (Å²) in [6, 6.07) is 4.49. The maximum Gasteiger partial charge on any atom is 0.261 e. The van der Waals surface area contributed by atoms with Crippen molar-refractivity contribution in [2.45, 2.75) is 6.92 Å². The molecular weight excluding hydrogens is 209 g/mol. The van der Waals surface area contributed by atoms with E-state index in [2.05, 4.69) is 5.10 Å². The van der Waals surface area contributed by atoms with Crippen molar-refractivity contribution in [3.8, 4) is 11.6 Å². The van der Waals surface area contributed by atoms with Crippen molar-refractivity contribution in [2.75, 3.05) is 5.73 Å². The quantitative estimate of drug-likeness (QED) is 0.846.